The van der Waals surface area contributed by atoms with Crippen molar-refractivity contribution in [2.45, 2.75) is 21.3 Å². The van der Waals surface area contributed by atoms with Crippen LogP contribution in [-0.2, 0) is 21.3 Å². The summed E-state index contributed by atoms with van der Waals surface area (Å²) in [4.78, 5) is -0.117. The molecular formula is C14H10BrF3O2S. The van der Waals surface area contributed by atoms with E-state index in [4.69, 9.17) is 0 Å². The van der Waals surface area contributed by atoms with E-state index in [-0.39, 0.29) is 9.79 Å². The van der Waals surface area contributed by atoms with Crippen LogP contribution in [0.3, 0.4) is 0 Å². The Hall–Kier alpha value is -1.34. The molecular weight excluding hydrogens is 369 g/mol. The summed E-state index contributed by atoms with van der Waals surface area (Å²) in [5.74, 6) is 0. The first-order chi connectivity index (χ1) is 9.75. The summed E-state index contributed by atoms with van der Waals surface area (Å²) in [7, 11) is -3.81. The summed E-state index contributed by atoms with van der Waals surface area (Å²) in [5, 5.41) is 0.591. The maximum atomic E-state index is 12.5. The van der Waals surface area contributed by atoms with E-state index in [1.54, 1.807) is 12.1 Å². The fraction of sp³-hybridized carbons (Fsp3) is 0.143. The van der Waals surface area contributed by atoms with Gasteiger partial charge in [0.25, 0.3) is 0 Å². The smallest absolute Gasteiger partial charge is 0.219 e. The average Bonchev–Trinajstić information content (AvgIpc) is 2.46. The molecule has 2 aromatic rings. The molecule has 0 aliphatic carbocycles. The van der Waals surface area contributed by atoms with Crippen molar-refractivity contribution in [2.24, 2.45) is 0 Å². The SMILES string of the molecule is O=S(=O)(c1ccc(CBr)cc1)c1ccc(C(F)(F)F)cc1. The maximum Gasteiger partial charge on any atom is 0.416 e. The van der Waals surface area contributed by atoms with Crippen molar-refractivity contribution in [3.05, 3.63) is 59.7 Å². The van der Waals surface area contributed by atoms with Crippen molar-refractivity contribution in [3.63, 3.8) is 0 Å². The van der Waals surface area contributed by atoms with Crippen molar-refractivity contribution in [1.82, 2.24) is 0 Å². The number of hydrogen-bond acceptors (Lipinski definition) is 2. The van der Waals surface area contributed by atoms with Gasteiger partial charge in [-0.1, -0.05) is 28.1 Å². The van der Waals surface area contributed by atoms with Gasteiger partial charge in [0.15, 0.2) is 0 Å². The van der Waals surface area contributed by atoms with E-state index in [0.717, 1.165) is 29.8 Å². The molecule has 0 radical (unpaired) electrons. The van der Waals surface area contributed by atoms with Crippen molar-refractivity contribution in [2.75, 3.05) is 0 Å². The molecule has 2 rings (SSSR count). The van der Waals surface area contributed by atoms with Crippen LogP contribution in [0, 0.1) is 0 Å². The number of hydrogen-bond donors (Lipinski definition) is 0. The van der Waals surface area contributed by atoms with Crippen molar-refractivity contribution in [1.29, 1.82) is 0 Å². The third-order valence-electron chi connectivity index (χ3n) is 2.88. The Labute approximate surface area is 128 Å². The molecule has 0 fully saturated rings. The zero-order valence-corrected chi connectivity index (χ0v) is 13.0. The van der Waals surface area contributed by atoms with Crippen LogP contribution in [0.5, 0.6) is 0 Å². The Balaban J connectivity index is 2.39. The largest absolute Gasteiger partial charge is 0.416 e. The Morgan fingerprint density at radius 3 is 1.67 bits per heavy atom. The molecule has 0 N–H and O–H groups in total. The molecule has 0 aromatic heterocycles. The molecule has 0 spiro atoms. The van der Waals surface area contributed by atoms with Crippen molar-refractivity contribution in [3.8, 4) is 0 Å². The molecule has 2 nitrogen and oxygen atoms in total. The van der Waals surface area contributed by atoms with E-state index in [9.17, 15) is 21.6 Å². The van der Waals surface area contributed by atoms with Gasteiger partial charge in [-0.2, -0.15) is 13.2 Å². The van der Waals surface area contributed by atoms with Crippen molar-refractivity contribution < 1.29 is 21.6 Å². The molecule has 0 heterocycles. The van der Waals surface area contributed by atoms with Gasteiger partial charge in [-0.05, 0) is 42.0 Å². The zero-order valence-electron chi connectivity index (χ0n) is 10.6. The van der Waals surface area contributed by atoms with E-state index in [0.29, 0.717) is 5.33 Å². The van der Waals surface area contributed by atoms with Gasteiger partial charge in [-0.25, -0.2) is 8.42 Å². The van der Waals surface area contributed by atoms with Gasteiger partial charge in [0.1, 0.15) is 0 Å². The number of sulfone groups is 1. The van der Waals surface area contributed by atoms with Crippen LogP contribution in [0.25, 0.3) is 0 Å². The number of rotatable bonds is 3. The van der Waals surface area contributed by atoms with Gasteiger partial charge in [0.2, 0.25) is 9.84 Å². The van der Waals surface area contributed by atoms with Crippen LogP contribution in [0.4, 0.5) is 13.2 Å². The topological polar surface area (TPSA) is 34.1 Å². The molecule has 112 valence electrons. The van der Waals surface area contributed by atoms with Crippen LogP contribution < -0.4 is 0 Å². The van der Waals surface area contributed by atoms with Crippen LogP contribution in [0.2, 0.25) is 0 Å². The summed E-state index contributed by atoms with van der Waals surface area (Å²) in [6.45, 7) is 0. The Morgan fingerprint density at radius 2 is 1.29 bits per heavy atom. The summed E-state index contributed by atoms with van der Waals surface area (Å²) in [5.41, 5.74) is 0.0254. The van der Waals surface area contributed by atoms with E-state index >= 15 is 0 Å². The fourth-order valence-electron chi connectivity index (χ4n) is 1.72. The highest BCUT2D eigenvalue weighted by molar-refractivity contribution is 9.08. The van der Waals surface area contributed by atoms with E-state index in [2.05, 4.69) is 15.9 Å². The Kier molecular flexibility index (Phi) is 4.43. The van der Waals surface area contributed by atoms with Gasteiger partial charge >= 0.3 is 6.18 Å². The summed E-state index contributed by atoms with van der Waals surface area (Å²) < 4.78 is 62.0. The van der Waals surface area contributed by atoms with Crippen LogP contribution in [0.1, 0.15) is 11.1 Å². The van der Waals surface area contributed by atoms with Gasteiger partial charge in [-0.3, -0.25) is 0 Å². The predicted molar refractivity (Wildman–Crippen MR) is 76.0 cm³/mol. The molecule has 0 unspecified atom stereocenters. The highest BCUT2D eigenvalue weighted by Gasteiger charge is 2.30. The minimum atomic E-state index is -4.49. The van der Waals surface area contributed by atoms with Gasteiger partial charge in [-0.15, -0.1) is 0 Å². The molecule has 7 heteroatoms. The van der Waals surface area contributed by atoms with E-state index in [1.165, 1.54) is 12.1 Å². The van der Waals surface area contributed by atoms with E-state index < -0.39 is 21.6 Å². The molecule has 0 aliphatic rings. The quantitative estimate of drug-likeness (QED) is 0.740. The molecule has 0 saturated heterocycles. The minimum Gasteiger partial charge on any atom is -0.219 e. The maximum absolute atomic E-state index is 12.5. The first-order valence-electron chi connectivity index (χ1n) is 5.82. The van der Waals surface area contributed by atoms with Crippen molar-refractivity contribution >= 4 is 25.8 Å². The monoisotopic (exact) mass is 378 g/mol. The summed E-state index contributed by atoms with van der Waals surface area (Å²) in [6, 6.07) is 9.62. The lowest BCUT2D eigenvalue weighted by atomic mass is 10.2. The number of halogens is 4. The highest BCUT2D eigenvalue weighted by atomic mass is 79.9. The minimum absolute atomic E-state index is 0.0481. The normalized spacial score (nSPS) is 12.4. The second-order valence-corrected chi connectivity index (χ2v) is 6.81. The second kappa shape index (κ2) is 5.81. The predicted octanol–water partition coefficient (Wildman–Crippen LogP) is 4.43. The van der Waals surface area contributed by atoms with Gasteiger partial charge < -0.3 is 0 Å². The first kappa shape index (κ1) is 16.0. The second-order valence-electron chi connectivity index (χ2n) is 4.30. The third kappa shape index (κ3) is 3.47. The highest BCUT2D eigenvalue weighted by Crippen LogP contribution is 2.30. The summed E-state index contributed by atoms with van der Waals surface area (Å²) >= 11 is 3.25. The molecule has 0 bridgehead atoms. The van der Waals surface area contributed by atoms with E-state index in [1.807, 2.05) is 0 Å². The standard InChI is InChI=1S/C14H10BrF3O2S/c15-9-10-1-5-12(6-2-10)21(19,20)13-7-3-11(4-8-13)14(16,17)18/h1-8H,9H2. The van der Waals surface area contributed by atoms with Gasteiger partial charge in [0, 0.05) is 5.33 Å². The van der Waals surface area contributed by atoms with Gasteiger partial charge in [0.05, 0.1) is 15.4 Å². The molecule has 2 aromatic carbocycles. The third-order valence-corrected chi connectivity index (χ3v) is 5.31. The Morgan fingerprint density at radius 1 is 0.857 bits per heavy atom. The lowest BCUT2D eigenvalue weighted by Crippen LogP contribution is -2.06. The molecule has 0 atom stereocenters. The lowest BCUT2D eigenvalue weighted by molar-refractivity contribution is -0.137. The lowest BCUT2D eigenvalue weighted by Gasteiger charge is -2.09. The molecule has 21 heavy (non-hydrogen) atoms. The van der Waals surface area contributed by atoms with Crippen LogP contribution >= 0.6 is 15.9 Å². The zero-order chi connectivity index (χ0) is 15.7. The Bertz CT molecular complexity index is 720. The van der Waals surface area contributed by atoms with Crippen LogP contribution in [-0.4, -0.2) is 8.42 Å². The number of alkyl halides is 4. The molecule has 0 saturated carbocycles. The average molecular weight is 379 g/mol. The first-order valence-corrected chi connectivity index (χ1v) is 8.43. The number of benzene rings is 2. The summed E-state index contributed by atoms with van der Waals surface area (Å²) in [6.07, 6.45) is -4.49. The molecule has 0 aliphatic heterocycles. The fourth-order valence-corrected chi connectivity index (χ4v) is 3.35. The van der Waals surface area contributed by atoms with Crippen LogP contribution in [0.15, 0.2) is 58.3 Å². The molecule has 0 amide bonds.